The lowest BCUT2D eigenvalue weighted by molar-refractivity contribution is 0.341. The first-order valence-corrected chi connectivity index (χ1v) is 3.19. The molecule has 1 saturated heterocycles. The maximum absolute atomic E-state index is 5.09. The van der Waals surface area contributed by atoms with E-state index < -0.39 is 0 Å². The summed E-state index contributed by atoms with van der Waals surface area (Å²) in [6.45, 7) is 4.17. The third-order valence-electron chi connectivity index (χ3n) is 0.897. The lowest BCUT2D eigenvalue weighted by Crippen LogP contribution is -1.95. The fourth-order valence-corrected chi connectivity index (χ4v) is 0.888. The van der Waals surface area contributed by atoms with E-state index in [1.165, 1.54) is 0 Å². The molecule has 0 aromatic heterocycles. The molecular formula is C4H7IO. The monoisotopic (exact) mass is 198 g/mol. The summed E-state index contributed by atoms with van der Waals surface area (Å²) in [5.74, 6) is 0. The summed E-state index contributed by atoms with van der Waals surface area (Å²) < 4.78 is 5.56. The second-order valence-corrected chi connectivity index (χ2v) is 3.17. The Hall–Kier alpha value is 0.690. The first-order chi connectivity index (χ1) is 2.63. The van der Waals surface area contributed by atoms with E-state index in [0.717, 1.165) is 0 Å². The predicted molar refractivity (Wildman–Crippen MR) is 33.0 cm³/mol. The van der Waals surface area contributed by atoms with Gasteiger partial charge in [-0.3, -0.25) is 0 Å². The van der Waals surface area contributed by atoms with E-state index in [0.29, 0.717) is 4.11 Å². The number of rotatable bonds is 0. The van der Waals surface area contributed by atoms with Gasteiger partial charge in [0.1, 0.15) is 4.11 Å². The molecule has 1 nitrogen and oxygen atoms in total. The molecule has 0 radical (unpaired) electrons. The molecule has 36 valence electrons. The molecule has 1 heterocycles. The van der Waals surface area contributed by atoms with Gasteiger partial charge in [0.15, 0.2) is 0 Å². The summed E-state index contributed by atoms with van der Waals surface area (Å²) in [5.41, 5.74) is 0.195. The summed E-state index contributed by atoms with van der Waals surface area (Å²) in [4.78, 5) is 0. The molecule has 0 N–H and O–H groups in total. The topological polar surface area (TPSA) is 12.5 Å². The van der Waals surface area contributed by atoms with Crippen LogP contribution in [0.1, 0.15) is 13.8 Å². The van der Waals surface area contributed by atoms with Crippen LogP contribution in [0.25, 0.3) is 0 Å². The minimum absolute atomic E-state index is 0.195. The SMILES string of the molecule is CC1(C)OC1I. The molecule has 0 bridgehead atoms. The highest BCUT2D eigenvalue weighted by molar-refractivity contribution is 14.1. The predicted octanol–water partition coefficient (Wildman–Crippen LogP) is 1.56. The first kappa shape index (κ1) is 4.84. The maximum Gasteiger partial charge on any atom is 0.138 e. The molecule has 0 amide bonds. The third-order valence-corrected chi connectivity index (χ3v) is 2.65. The van der Waals surface area contributed by atoms with Gasteiger partial charge in [-0.05, 0) is 36.4 Å². The zero-order valence-electron chi connectivity index (χ0n) is 3.86. The van der Waals surface area contributed by atoms with E-state index in [4.69, 9.17) is 4.74 Å². The highest BCUT2D eigenvalue weighted by Gasteiger charge is 2.45. The zero-order chi connectivity index (χ0) is 4.78. The van der Waals surface area contributed by atoms with Crippen LogP contribution in [0.15, 0.2) is 0 Å². The van der Waals surface area contributed by atoms with Crippen molar-refractivity contribution in [3.8, 4) is 0 Å². The van der Waals surface area contributed by atoms with E-state index in [2.05, 4.69) is 36.4 Å². The average Bonchev–Trinajstić information content (AvgIpc) is 1.73. The quantitative estimate of drug-likeness (QED) is 0.327. The molecule has 1 aliphatic rings. The Balaban J connectivity index is 2.41. The summed E-state index contributed by atoms with van der Waals surface area (Å²) >= 11 is 2.28. The Morgan fingerprint density at radius 3 is 1.83 bits per heavy atom. The number of hydrogen-bond donors (Lipinski definition) is 0. The fraction of sp³-hybridized carbons (Fsp3) is 1.00. The van der Waals surface area contributed by atoms with Gasteiger partial charge >= 0.3 is 0 Å². The number of halogens is 1. The van der Waals surface area contributed by atoms with E-state index >= 15 is 0 Å². The molecule has 0 aliphatic carbocycles. The lowest BCUT2D eigenvalue weighted by Gasteiger charge is -1.83. The van der Waals surface area contributed by atoms with Crippen LogP contribution in [0.2, 0.25) is 0 Å². The summed E-state index contributed by atoms with van der Waals surface area (Å²) in [5, 5.41) is 0. The van der Waals surface area contributed by atoms with E-state index in [-0.39, 0.29) is 5.60 Å². The van der Waals surface area contributed by atoms with Crippen LogP contribution in [0.4, 0.5) is 0 Å². The van der Waals surface area contributed by atoms with Crippen LogP contribution < -0.4 is 0 Å². The Morgan fingerprint density at radius 2 is 1.83 bits per heavy atom. The Kier molecular flexibility index (Phi) is 0.883. The molecule has 6 heavy (non-hydrogen) atoms. The van der Waals surface area contributed by atoms with Crippen molar-refractivity contribution < 1.29 is 4.74 Å². The second-order valence-electron chi connectivity index (χ2n) is 2.04. The summed E-state index contributed by atoms with van der Waals surface area (Å²) in [6, 6.07) is 0. The van der Waals surface area contributed by atoms with Crippen molar-refractivity contribution >= 4 is 22.6 Å². The minimum Gasteiger partial charge on any atom is -0.355 e. The molecule has 0 spiro atoms. The summed E-state index contributed by atoms with van der Waals surface area (Å²) in [6.07, 6.45) is 0. The average molecular weight is 198 g/mol. The molecule has 1 unspecified atom stereocenters. The van der Waals surface area contributed by atoms with Gasteiger partial charge in [-0.25, -0.2) is 0 Å². The van der Waals surface area contributed by atoms with Crippen LogP contribution in [0, 0.1) is 0 Å². The van der Waals surface area contributed by atoms with E-state index in [9.17, 15) is 0 Å². The highest BCUT2D eigenvalue weighted by atomic mass is 127. The van der Waals surface area contributed by atoms with Gasteiger partial charge in [0.05, 0.1) is 5.60 Å². The van der Waals surface area contributed by atoms with Crippen LogP contribution in [-0.4, -0.2) is 9.71 Å². The second kappa shape index (κ2) is 1.10. The Morgan fingerprint density at radius 1 is 1.67 bits per heavy atom. The van der Waals surface area contributed by atoms with Gasteiger partial charge < -0.3 is 4.74 Å². The van der Waals surface area contributed by atoms with Crippen molar-refractivity contribution in [1.82, 2.24) is 0 Å². The van der Waals surface area contributed by atoms with Gasteiger partial charge in [0.2, 0.25) is 0 Å². The number of alkyl halides is 1. The standard InChI is InChI=1S/C4H7IO/c1-4(2)3(5)6-4/h3H,1-2H3. The molecule has 1 fully saturated rings. The van der Waals surface area contributed by atoms with Crippen molar-refractivity contribution in [1.29, 1.82) is 0 Å². The third kappa shape index (κ3) is 0.680. The molecule has 0 aromatic carbocycles. The normalized spacial score (nSPS) is 39.5. The molecule has 0 aromatic rings. The van der Waals surface area contributed by atoms with Crippen molar-refractivity contribution in [2.45, 2.75) is 23.6 Å². The van der Waals surface area contributed by atoms with Gasteiger partial charge in [-0.2, -0.15) is 0 Å². The number of ether oxygens (including phenoxy) is 1. The Labute approximate surface area is 51.2 Å². The maximum atomic E-state index is 5.09. The van der Waals surface area contributed by atoms with Crippen molar-refractivity contribution in [2.24, 2.45) is 0 Å². The zero-order valence-corrected chi connectivity index (χ0v) is 6.02. The van der Waals surface area contributed by atoms with Crippen molar-refractivity contribution in [3.05, 3.63) is 0 Å². The van der Waals surface area contributed by atoms with Gasteiger partial charge in [0, 0.05) is 0 Å². The van der Waals surface area contributed by atoms with Crippen molar-refractivity contribution in [3.63, 3.8) is 0 Å². The summed E-state index contributed by atoms with van der Waals surface area (Å²) in [7, 11) is 0. The number of epoxide rings is 1. The smallest absolute Gasteiger partial charge is 0.138 e. The molecule has 2 heteroatoms. The van der Waals surface area contributed by atoms with Crippen LogP contribution in [-0.2, 0) is 4.74 Å². The fourth-order valence-electron chi connectivity index (χ4n) is 0.233. The largest absolute Gasteiger partial charge is 0.355 e. The van der Waals surface area contributed by atoms with Crippen molar-refractivity contribution in [2.75, 3.05) is 0 Å². The number of hydrogen-bond acceptors (Lipinski definition) is 1. The minimum atomic E-state index is 0.195. The van der Waals surface area contributed by atoms with Crippen LogP contribution in [0.5, 0.6) is 0 Å². The highest BCUT2D eigenvalue weighted by Crippen LogP contribution is 2.39. The van der Waals surface area contributed by atoms with Gasteiger partial charge in [0.25, 0.3) is 0 Å². The van der Waals surface area contributed by atoms with E-state index in [1.54, 1.807) is 0 Å². The van der Waals surface area contributed by atoms with Crippen LogP contribution >= 0.6 is 22.6 Å². The molecule has 1 aliphatic heterocycles. The molecule has 1 atom stereocenters. The molecular weight excluding hydrogens is 191 g/mol. The molecule has 1 rings (SSSR count). The Bertz CT molecular complexity index is 69.9. The van der Waals surface area contributed by atoms with E-state index in [1.807, 2.05) is 0 Å². The van der Waals surface area contributed by atoms with Gasteiger partial charge in [-0.15, -0.1) is 0 Å². The van der Waals surface area contributed by atoms with Gasteiger partial charge in [-0.1, -0.05) is 0 Å². The lowest BCUT2D eigenvalue weighted by atomic mass is 10.3. The first-order valence-electron chi connectivity index (χ1n) is 1.95. The van der Waals surface area contributed by atoms with Crippen LogP contribution in [0.3, 0.4) is 0 Å². The molecule has 0 saturated carbocycles.